The third-order valence-electron chi connectivity index (χ3n) is 4.10. The van der Waals surface area contributed by atoms with Crippen LogP contribution in [0.3, 0.4) is 0 Å². The van der Waals surface area contributed by atoms with Crippen molar-refractivity contribution in [3.8, 4) is 11.8 Å². The first-order valence-electron chi connectivity index (χ1n) is 9.15. The summed E-state index contributed by atoms with van der Waals surface area (Å²) < 4.78 is 66.1. The van der Waals surface area contributed by atoms with Crippen LogP contribution < -0.4 is 14.4 Å². The molecule has 8 nitrogen and oxygen atoms in total. The van der Waals surface area contributed by atoms with Crippen molar-refractivity contribution in [1.29, 1.82) is 5.26 Å². The molecule has 14 heteroatoms. The molecule has 0 aliphatic carbocycles. The van der Waals surface area contributed by atoms with Gasteiger partial charge in [-0.2, -0.15) is 5.26 Å². The van der Waals surface area contributed by atoms with Crippen LogP contribution in [0.1, 0.15) is 21.6 Å². The molecular formula is C20H14BrF3N4O4S2. The fourth-order valence-corrected chi connectivity index (χ4v) is 4.68. The smallest absolute Gasteiger partial charge is 0.406 e. The van der Waals surface area contributed by atoms with Gasteiger partial charge in [0.25, 0.3) is 5.91 Å². The van der Waals surface area contributed by atoms with Crippen molar-refractivity contribution in [3.05, 3.63) is 69.1 Å². The molecule has 1 N–H and O–H groups in total. The minimum Gasteiger partial charge on any atom is -0.406 e. The van der Waals surface area contributed by atoms with E-state index in [9.17, 15) is 26.4 Å². The van der Waals surface area contributed by atoms with E-state index in [4.69, 9.17) is 5.26 Å². The van der Waals surface area contributed by atoms with E-state index in [0.29, 0.717) is 21.9 Å². The zero-order chi connectivity index (χ0) is 25.1. The van der Waals surface area contributed by atoms with Crippen LogP contribution in [0.25, 0.3) is 0 Å². The van der Waals surface area contributed by atoms with Crippen LogP contribution in [0, 0.1) is 11.3 Å². The SMILES string of the molecule is CS(=O)(=O)NC(=O)c1nc(N(Cc2ccc(OC(F)(F)F)cc2)c2ccc(C#N)cc2)sc1Br. The Morgan fingerprint density at radius 2 is 1.82 bits per heavy atom. The standard InChI is InChI=1S/C20H14BrF3N4O4S2/c1-34(30,31)27-18(29)16-17(21)33-19(26-16)28(14-6-2-12(10-25)3-7-14)11-13-4-8-15(9-5-13)32-20(22,23)24/h2-9H,11H2,1H3,(H,27,29). The molecule has 0 atom stereocenters. The third-order valence-corrected chi connectivity index (χ3v) is 6.39. The molecule has 1 amide bonds. The first-order valence-corrected chi connectivity index (χ1v) is 12.7. The first-order chi connectivity index (χ1) is 15.8. The minimum absolute atomic E-state index is 0.130. The number of amides is 1. The van der Waals surface area contributed by atoms with Crippen LogP contribution in [0.15, 0.2) is 52.3 Å². The van der Waals surface area contributed by atoms with Gasteiger partial charge in [0.05, 0.1) is 24.4 Å². The maximum Gasteiger partial charge on any atom is 0.573 e. The molecule has 3 rings (SSSR count). The lowest BCUT2D eigenvalue weighted by Gasteiger charge is -2.22. The molecule has 1 aromatic heterocycles. The van der Waals surface area contributed by atoms with E-state index in [1.807, 2.05) is 10.8 Å². The van der Waals surface area contributed by atoms with Gasteiger partial charge in [0.2, 0.25) is 10.0 Å². The summed E-state index contributed by atoms with van der Waals surface area (Å²) in [6, 6.07) is 13.7. The van der Waals surface area contributed by atoms with E-state index in [1.54, 1.807) is 29.2 Å². The largest absolute Gasteiger partial charge is 0.573 e. The molecule has 0 aliphatic rings. The number of alkyl halides is 3. The zero-order valence-corrected chi connectivity index (χ0v) is 20.3. The highest BCUT2D eigenvalue weighted by atomic mass is 79.9. The number of rotatable bonds is 7. The summed E-state index contributed by atoms with van der Waals surface area (Å²) in [5.74, 6) is -1.30. The number of ether oxygens (including phenoxy) is 1. The number of aromatic nitrogens is 1. The Bertz CT molecular complexity index is 1340. The van der Waals surface area contributed by atoms with Crippen molar-refractivity contribution in [2.45, 2.75) is 12.9 Å². The summed E-state index contributed by atoms with van der Waals surface area (Å²) in [7, 11) is -3.82. The van der Waals surface area contributed by atoms with E-state index in [1.165, 1.54) is 24.3 Å². The summed E-state index contributed by atoms with van der Waals surface area (Å²) in [6.45, 7) is 0.130. The first kappa shape index (κ1) is 25.5. The number of sulfonamides is 1. The van der Waals surface area contributed by atoms with Gasteiger partial charge in [0, 0.05) is 5.69 Å². The predicted molar refractivity (Wildman–Crippen MR) is 122 cm³/mol. The Hall–Kier alpha value is -3.15. The molecule has 0 saturated carbocycles. The van der Waals surface area contributed by atoms with Gasteiger partial charge in [-0.1, -0.05) is 23.5 Å². The Morgan fingerprint density at radius 1 is 1.21 bits per heavy atom. The quantitative estimate of drug-likeness (QED) is 0.435. The predicted octanol–water partition coefficient (Wildman–Crippen LogP) is 4.70. The number of nitrogens with zero attached hydrogens (tertiary/aromatic N) is 3. The van der Waals surface area contributed by atoms with Crippen LogP contribution >= 0.6 is 27.3 Å². The Kier molecular flexibility index (Phi) is 7.49. The van der Waals surface area contributed by atoms with Crippen molar-refractivity contribution in [2.75, 3.05) is 11.2 Å². The van der Waals surface area contributed by atoms with Crippen LogP contribution in [0.2, 0.25) is 0 Å². The van der Waals surface area contributed by atoms with Crippen LogP contribution in [-0.4, -0.2) is 31.9 Å². The van der Waals surface area contributed by atoms with Crippen LogP contribution in [-0.2, 0) is 16.6 Å². The Balaban J connectivity index is 1.96. The zero-order valence-electron chi connectivity index (χ0n) is 17.1. The van der Waals surface area contributed by atoms with E-state index >= 15 is 0 Å². The minimum atomic E-state index is -4.81. The van der Waals surface area contributed by atoms with E-state index in [0.717, 1.165) is 17.6 Å². The lowest BCUT2D eigenvalue weighted by molar-refractivity contribution is -0.274. The monoisotopic (exact) mass is 574 g/mol. The maximum atomic E-state index is 12.4. The van der Waals surface area contributed by atoms with Crippen molar-refractivity contribution in [2.24, 2.45) is 0 Å². The van der Waals surface area contributed by atoms with Gasteiger partial charge < -0.3 is 9.64 Å². The number of hydrogen-bond acceptors (Lipinski definition) is 8. The van der Waals surface area contributed by atoms with E-state index < -0.39 is 22.3 Å². The highest BCUT2D eigenvalue weighted by Gasteiger charge is 2.31. The molecule has 178 valence electrons. The molecule has 0 saturated heterocycles. The highest BCUT2D eigenvalue weighted by Crippen LogP contribution is 2.36. The number of carbonyl (C=O) groups excluding carboxylic acids is 1. The van der Waals surface area contributed by atoms with Crippen molar-refractivity contribution >= 4 is 54.0 Å². The summed E-state index contributed by atoms with van der Waals surface area (Å²) in [5, 5.41) is 9.35. The summed E-state index contributed by atoms with van der Waals surface area (Å²) in [6.07, 6.45) is -3.98. The normalized spacial score (nSPS) is 11.5. The number of thiazole rings is 1. The molecule has 34 heavy (non-hydrogen) atoms. The number of nitriles is 1. The topological polar surface area (TPSA) is 112 Å². The molecule has 0 aliphatic heterocycles. The summed E-state index contributed by atoms with van der Waals surface area (Å²) in [5.41, 5.74) is 1.42. The van der Waals surface area contributed by atoms with Gasteiger partial charge in [0.1, 0.15) is 9.54 Å². The maximum absolute atomic E-state index is 12.4. The average molecular weight is 575 g/mol. The highest BCUT2D eigenvalue weighted by molar-refractivity contribution is 9.11. The fraction of sp³-hybridized carbons (Fsp3) is 0.150. The second-order valence-electron chi connectivity index (χ2n) is 6.76. The van der Waals surface area contributed by atoms with Gasteiger partial charge in [-0.15, -0.1) is 13.2 Å². The molecule has 2 aromatic carbocycles. The number of benzene rings is 2. The van der Waals surface area contributed by atoms with Gasteiger partial charge >= 0.3 is 6.36 Å². The Labute approximate surface area is 204 Å². The molecule has 1 heterocycles. The molecule has 0 fully saturated rings. The van der Waals surface area contributed by atoms with Crippen LogP contribution in [0.5, 0.6) is 5.75 Å². The lowest BCUT2D eigenvalue weighted by Crippen LogP contribution is -2.30. The van der Waals surface area contributed by atoms with E-state index in [2.05, 4.69) is 25.7 Å². The second kappa shape index (κ2) is 10.00. The average Bonchev–Trinajstić information content (AvgIpc) is 3.12. The summed E-state index contributed by atoms with van der Waals surface area (Å²) in [4.78, 5) is 18.2. The molecule has 3 aromatic rings. The molecule has 0 bridgehead atoms. The van der Waals surface area contributed by atoms with Gasteiger partial charge in [-0.05, 0) is 57.9 Å². The van der Waals surface area contributed by atoms with Crippen molar-refractivity contribution < 1.29 is 31.1 Å². The van der Waals surface area contributed by atoms with Gasteiger partial charge in [0.15, 0.2) is 10.8 Å². The number of carbonyl (C=O) groups is 1. The molecule has 0 unspecified atom stereocenters. The van der Waals surface area contributed by atoms with Gasteiger partial charge in [-0.25, -0.2) is 18.1 Å². The number of anilines is 2. The molecule has 0 radical (unpaired) electrons. The molecular weight excluding hydrogens is 561 g/mol. The number of nitrogens with one attached hydrogen (secondary N) is 1. The summed E-state index contributed by atoms with van der Waals surface area (Å²) >= 11 is 4.27. The van der Waals surface area contributed by atoms with E-state index in [-0.39, 0.29) is 21.8 Å². The van der Waals surface area contributed by atoms with Crippen molar-refractivity contribution in [3.63, 3.8) is 0 Å². The lowest BCUT2D eigenvalue weighted by atomic mass is 10.1. The second-order valence-corrected chi connectivity index (χ2v) is 10.8. The van der Waals surface area contributed by atoms with Gasteiger partial charge in [-0.3, -0.25) is 4.79 Å². The third kappa shape index (κ3) is 6.92. The number of hydrogen-bond donors (Lipinski definition) is 1. The van der Waals surface area contributed by atoms with Crippen molar-refractivity contribution in [1.82, 2.24) is 9.71 Å². The Morgan fingerprint density at radius 3 is 2.35 bits per heavy atom. The molecule has 0 spiro atoms. The number of halogens is 4. The fourth-order valence-electron chi connectivity index (χ4n) is 2.73. The van der Waals surface area contributed by atoms with Crippen LogP contribution in [0.4, 0.5) is 24.0 Å².